The van der Waals surface area contributed by atoms with Gasteiger partial charge in [-0.25, -0.2) is 8.42 Å². The molecule has 0 radical (unpaired) electrons. The number of sulfonamides is 1. The number of aryl methyl sites for hydroxylation is 1. The van der Waals surface area contributed by atoms with Gasteiger partial charge in [0.2, 0.25) is 21.8 Å². The molecule has 0 bridgehead atoms. The van der Waals surface area contributed by atoms with Gasteiger partial charge in [-0.3, -0.25) is 13.9 Å². The number of benzene rings is 3. The molecule has 0 spiro atoms. The summed E-state index contributed by atoms with van der Waals surface area (Å²) >= 11 is 0. The minimum atomic E-state index is -3.77. The normalized spacial score (nSPS) is 12.8. The minimum absolute atomic E-state index is 0.0759. The highest BCUT2D eigenvalue weighted by atomic mass is 32.2. The molecule has 0 saturated heterocycles. The van der Waals surface area contributed by atoms with E-state index in [-0.39, 0.29) is 18.5 Å². The molecule has 0 saturated carbocycles. The van der Waals surface area contributed by atoms with Gasteiger partial charge in [-0.15, -0.1) is 0 Å². The standard InChI is InChI=1S/C30H37N3O4S/c1-5-24(3)31-30(35)28(20-25-15-8-6-9-16-25)32(21-26-17-13-12-14-23(26)2)29(34)22-33(38(4,36)37)27-18-10-7-11-19-27/h6-19,24,28H,5,20-22H2,1-4H3,(H,31,35)/t24-,28+/m1/s1. The first-order valence-electron chi connectivity index (χ1n) is 12.8. The summed E-state index contributed by atoms with van der Waals surface area (Å²) in [4.78, 5) is 29.2. The molecule has 0 fully saturated rings. The van der Waals surface area contributed by atoms with Gasteiger partial charge in [-0.05, 0) is 49.1 Å². The second-order valence-electron chi connectivity index (χ2n) is 9.58. The zero-order valence-electron chi connectivity index (χ0n) is 22.5. The monoisotopic (exact) mass is 535 g/mol. The maximum atomic E-state index is 14.0. The minimum Gasteiger partial charge on any atom is -0.352 e. The fourth-order valence-corrected chi connectivity index (χ4v) is 5.02. The van der Waals surface area contributed by atoms with Crippen LogP contribution in [-0.2, 0) is 32.6 Å². The van der Waals surface area contributed by atoms with Gasteiger partial charge in [0.1, 0.15) is 12.6 Å². The number of carbonyl (C=O) groups is 2. The molecule has 2 amide bonds. The van der Waals surface area contributed by atoms with E-state index >= 15 is 0 Å². The van der Waals surface area contributed by atoms with Crippen LogP contribution in [0.1, 0.15) is 37.0 Å². The Morgan fingerprint density at radius 1 is 0.895 bits per heavy atom. The van der Waals surface area contributed by atoms with E-state index in [4.69, 9.17) is 0 Å². The average molecular weight is 536 g/mol. The summed E-state index contributed by atoms with van der Waals surface area (Å²) in [6.07, 6.45) is 2.12. The topological polar surface area (TPSA) is 86.8 Å². The van der Waals surface area contributed by atoms with Crippen LogP contribution < -0.4 is 9.62 Å². The van der Waals surface area contributed by atoms with E-state index < -0.39 is 28.5 Å². The lowest BCUT2D eigenvalue weighted by Crippen LogP contribution is -2.54. The summed E-state index contributed by atoms with van der Waals surface area (Å²) in [5.74, 6) is -0.724. The lowest BCUT2D eigenvalue weighted by atomic mass is 10.0. The van der Waals surface area contributed by atoms with E-state index in [1.807, 2.05) is 75.4 Å². The van der Waals surface area contributed by atoms with E-state index in [2.05, 4.69) is 5.32 Å². The number of nitrogens with zero attached hydrogens (tertiary/aromatic N) is 2. The van der Waals surface area contributed by atoms with E-state index in [0.29, 0.717) is 12.1 Å². The second kappa shape index (κ2) is 13.2. The molecule has 1 N–H and O–H groups in total. The van der Waals surface area contributed by atoms with Crippen LogP contribution in [0.4, 0.5) is 5.69 Å². The number of nitrogens with one attached hydrogen (secondary N) is 1. The summed E-state index contributed by atoms with van der Waals surface area (Å²) in [7, 11) is -3.77. The summed E-state index contributed by atoms with van der Waals surface area (Å²) in [5.41, 5.74) is 3.17. The average Bonchev–Trinajstić information content (AvgIpc) is 2.90. The molecule has 0 aliphatic carbocycles. The quantitative estimate of drug-likeness (QED) is 0.374. The van der Waals surface area contributed by atoms with E-state index in [0.717, 1.165) is 33.7 Å². The second-order valence-corrected chi connectivity index (χ2v) is 11.5. The molecule has 3 aromatic rings. The lowest BCUT2D eigenvalue weighted by Gasteiger charge is -2.34. The molecule has 38 heavy (non-hydrogen) atoms. The van der Waals surface area contributed by atoms with Crippen molar-refractivity contribution in [1.29, 1.82) is 0 Å². The van der Waals surface area contributed by atoms with Crippen molar-refractivity contribution in [1.82, 2.24) is 10.2 Å². The summed E-state index contributed by atoms with van der Waals surface area (Å²) in [6, 6.07) is 24.8. The molecule has 3 rings (SSSR count). The maximum absolute atomic E-state index is 14.0. The fourth-order valence-electron chi connectivity index (χ4n) is 4.17. The molecule has 2 atom stereocenters. The smallest absolute Gasteiger partial charge is 0.244 e. The van der Waals surface area contributed by atoms with Crippen LogP contribution in [0.3, 0.4) is 0 Å². The number of rotatable bonds is 12. The SMILES string of the molecule is CC[C@@H](C)NC(=O)[C@H](Cc1ccccc1)N(Cc1ccccc1C)C(=O)CN(c1ccccc1)S(C)(=O)=O. The third-order valence-corrected chi connectivity index (χ3v) is 7.74. The van der Waals surface area contributed by atoms with Gasteiger partial charge >= 0.3 is 0 Å². The van der Waals surface area contributed by atoms with Gasteiger partial charge < -0.3 is 10.2 Å². The number of para-hydroxylation sites is 1. The Labute approximate surface area is 226 Å². The molecule has 8 heteroatoms. The Balaban J connectivity index is 2.05. The van der Waals surface area contributed by atoms with Gasteiger partial charge in [0.25, 0.3) is 0 Å². The van der Waals surface area contributed by atoms with Crippen molar-refractivity contribution in [3.05, 3.63) is 102 Å². The molecule has 7 nitrogen and oxygen atoms in total. The lowest BCUT2D eigenvalue weighted by molar-refractivity contribution is -0.140. The van der Waals surface area contributed by atoms with Crippen LogP contribution in [-0.4, -0.2) is 50.0 Å². The van der Waals surface area contributed by atoms with Crippen molar-refractivity contribution in [2.24, 2.45) is 0 Å². The summed E-state index contributed by atoms with van der Waals surface area (Å²) in [6.45, 7) is 5.61. The molecule has 202 valence electrons. The molecule has 0 unspecified atom stereocenters. The molecule has 3 aromatic carbocycles. The highest BCUT2D eigenvalue weighted by molar-refractivity contribution is 7.92. The first kappa shape index (κ1) is 28.9. The zero-order valence-corrected chi connectivity index (χ0v) is 23.3. The Bertz CT molecular complexity index is 1310. The molecular weight excluding hydrogens is 498 g/mol. The van der Waals surface area contributed by atoms with Crippen LogP contribution in [0.15, 0.2) is 84.9 Å². The fraction of sp³-hybridized carbons (Fsp3) is 0.333. The maximum Gasteiger partial charge on any atom is 0.244 e. The Morgan fingerprint density at radius 2 is 1.47 bits per heavy atom. The number of carbonyl (C=O) groups excluding carboxylic acids is 2. The molecular formula is C30H37N3O4S. The van der Waals surface area contributed by atoms with E-state index in [1.54, 1.807) is 30.3 Å². The first-order valence-corrected chi connectivity index (χ1v) is 14.7. The molecule has 0 aliphatic heterocycles. The third kappa shape index (κ3) is 7.92. The van der Waals surface area contributed by atoms with E-state index in [1.165, 1.54) is 4.90 Å². The predicted octanol–water partition coefficient (Wildman–Crippen LogP) is 4.32. The van der Waals surface area contributed by atoms with Gasteiger partial charge in [0, 0.05) is 19.0 Å². The molecule has 0 heterocycles. The predicted molar refractivity (Wildman–Crippen MR) is 152 cm³/mol. The largest absolute Gasteiger partial charge is 0.352 e. The zero-order chi connectivity index (χ0) is 27.7. The molecule has 0 aromatic heterocycles. The Kier molecular flexibility index (Phi) is 10.1. The van der Waals surface area contributed by atoms with Gasteiger partial charge in [-0.2, -0.15) is 0 Å². The number of hydrogen-bond donors (Lipinski definition) is 1. The van der Waals surface area contributed by atoms with Crippen LogP contribution in [0.2, 0.25) is 0 Å². The number of hydrogen-bond acceptors (Lipinski definition) is 4. The van der Waals surface area contributed by atoms with Crippen molar-refractivity contribution in [3.8, 4) is 0 Å². The van der Waals surface area contributed by atoms with Crippen LogP contribution in [0.5, 0.6) is 0 Å². The van der Waals surface area contributed by atoms with E-state index in [9.17, 15) is 18.0 Å². The van der Waals surface area contributed by atoms with Gasteiger partial charge in [-0.1, -0.05) is 79.7 Å². The van der Waals surface area contributed by atoms with Crippen molar-refractivity contribution in [2.75, 3.05) is 17.1 Å². The highest BCUT2D eigenvalue weighted by Gasteiger charge is 2.33. The summed E-state index contributed by atoms with van der Waals surface area (Å²) < 4.78 is 26.6. The van der Waals surface area contributed by atoms with Crippen molar-refractivity contribution in [2.45, 2.75) is 52.2 Å². The van der Waals surface area contributed by atoms with Crippen LogP contribution >= 0.6 is 0 Å². The molecule has 0 aliphatic rings. The number of amides is 2. The highest BCUT2D eigenvalue weighted by Crippen LogP contribution is 2.21. The first-order chi connectivity index (χ1) is 18.1. The Morgan fingerprint density at radius 3 is 2.05 bits per heavy atom. The van der Waals surface area contributed by atoms with Gasteiger partial charge in [0.15, 0.2) is 0 Å². The van der Waals surface area contributed by atoms with Crippen LogP contribution in [0.25, 0.3) is 0 Å². The number of anilines is 1. The summed E-state index contributed by atoms with van der Waals surface area (Å²) in [5, 5.41) is 3.04. The van der Waals surface area contributed by atoms with Gasteiger partial charge in [0.05, 0.1) is 11.9 Å². The Hall–Kier alpha value is -3.65. The van der Waals surface area contributed by atoms with Crippen molar-refractivity contribution in [3.63, 3.8) is 0 Å². The third-order valence-electron chi connectivity index (χ3n) is 6.60. The van der Waals surface area contributed by atoms with Crippen molar-refractivity contribution >= 4 is 27.5 Å². The van der Waals surface area contributed by atoms with Crippen LogP contribution in [0, 0.1) is 6.92 Å². The van der Waals surface area contributed by atoms with Crippen molar-refractivity contribution < 1.29 is 18.0 Å².